The van der Waals surface area contributed by atoms with E-state index < -0.39 is 6.04 Å². The fourth-order valence-corrected chi connectivity index (χ4v) is 3.20. The van der Waals surface area contributed by atoms with Gasteiger partial charge in [-0.3, -0.25) is 9.20 Å². The summed E-state index contributed by atoms with van der Waals surface area (Å²) in [5.41, 5.74) is 2.06. The smallest absolute Gasteiger partial charge is 0.249 e. The second kappa shape index (κ2) is 6.12. The second-order valence-electron chi connectivity index (χ2n) is 6.10. The Morgan fingerprint density at radius 2 is 2.24 bits per heavy atom. The van der Waals surface area contributed by atoms with Crippen molar-refractivity contribution in [2.75, 3.05) is 16.8 Å². The predicted molar refractivity (Wildman–Crippen MR) is 90.9 cm³/mol. The van der Waals surface area contributed by atoms with Crippen LogP contribution in [0.5, 0.6) is 0 Å². The quantitative estimate of drug-likeness (QED) is 0.791. The van der Waals surface area contributed by atoms with E-state index in [0.29, 0.717) is 24.4 Å². The predicted octanol–water partition coefficient (Wildman–Crippen LogP) is 2.18. The van der Waals surface area contributed by atoms with Crippen LogP contribution in [0.3, 0.4) is 0 Å². The van der Waals surface area contributed by atoms with Gasteiger partial charge in [-0.2, -0.15) is 0 Å². The summed E-state index contributed by atoms with van der Waals surface area (Å²) in [5.74, 6) is 0.170. The number of carbonyl (C=O) groups is 1. The molecule has 0 bridgehead atoms. The van der Waals surface area contributed by atoms with E-state index in [1.165, 1.54) is 12.1 Å². The Morgan fingerprint density at radius 3 is 3.08 bits per heavy atom. The van der Waals surface area contributed by atoms with Gasteiger partial charge in [0.1, 0.15) is 18.2 Å². The van der Waals surface area contributed by atoms with Crippen molar-refractivity contribution in [2.24, 2.45) is 0 Å². The first kappa shape index (κ1) is 15.5. The molecule has 1 unspecified atom stereocenters. The van der Waals surface area contributed by atoms with Crippen LogP contribution in [-0.2, 0) is 4.79 Å². The molecule has 4 rings (SSSR count). The average Bonchev–Trinajstić information content (AvgIpc) is 3.07. The molecule has 0 spiro atoms. The minimum atomic E-state index is -0.409. The van der Waals surface area contributed by atoms with Crippen LogP contribution in [0.25, 0.3) is 5.65 Å². The molecule has 25 heavy (non-hydrogen) atoms. The molecule has 8 heteroatoms. The zero-order valence-electron chi connectivity index (χ0n) is 13.7. The number of nitrogens with zero attached hydrogens (tertiary/aromatic N) is 5. The number of hydrogen-bond donors (Lipinski definition) is 1. The first-order chi connectivity index (χ1) is 12.1. The molecule has 0 saturated carbocycles. The standard InChI is InChI=1S/C17H17FN6O/c1-11-9-12(18)4-5-14(11)24-7-2-3-13(17(24)25)21-15-16-22-20-10-23(16)8-6-19-15/h4-6,8-10,13H,2-3,7H2,1H3,(H,19,21). The number of aryl methyl sites for hydroxylation is 1. The van der Waals surface area contributed by atoms with Crippen molar-refractivity contribution < 1.29 is 9.18 Å². The number of hydrogen-bond acceptors (Lipinski definition) is 5. The van der Waals surface area contributed by atoms with Crippen molar-refractivity contribution in [1.29, 1.82) is 0 Å². The minimum Gasteiger partial charge on any atom is -0.355 e. The van der Waals surface area contributed by atoms with Crippen LogP contribution >= 0.6 is 0 Å². The maximum absolute atomic E-state index is 13.4. The molecular formula is C17H17FN6O. The van der Waals surface area contributed by atoms with E-state index in [0.717, 1.165) is 17.7 Å². The van der Waals surface area contributed by atoms with Gasteiger partial charge in [-0.15, -0.1) is 10.2 Å². The third-order valence-corrected chi connectivity index (χ3v) is 4.42. The second-order valence-corrected chi connectivity index (χ2v) is 6.10. The summed E-state index contributed by atoms with van der Waals surface area (Å²) < 4.78 is 15.1. The van der Waals surface area contributed by atoms with E-state index in [9.17, 15) is 9.18 Å². The number of benzene rings is 1. The van der Waals surface area contributed by atoms with Gasteiger partial charge in [0.2, 0.25) is 11.6 Å². The number of piperidine rings is 1. The molecule has 128 valence electrons. The summed E-state index contributed by atoms with van der Waals surface area (Å²) in [7, 11) is 0. The Bertz CT molecular complexity index is 940. The summed E-state index contributed by atoms with van der Waals surface area (Å²) in [6.07, 6.45) is 6.51. The molecule has 0 aliphatic carbocycles. The lowest BCUT2D eigenvalue weighted by Crippen LogP contribution is -2.48. The monoisotopic (exact) mass is 340 g/mol. The Labute approximate surface area is 143 Å². The van der Waals surface area contributed by atoms with Crippen LogP contribution in [0.1, 0.15) is 18.4 Å². The highest BCUT2D eigenvalue weighted by molar-refractivity contribution is 6.00. The van der Waals surface area contributed by atoms with Crippen molar-refractivity contribution in [3.05, 3.63) is 48.3 Å². The summed E-state index contributed by atoms with van der Waals surface area (Å²) in [6, 6.07) is 4.07. The van der Waals surface area contributed by atoms with E-state index in [1.807, 2.05) is 0 Å². The SMILES string of the molecule is Cc1cc(F)ccc1N1CCCC(Nc2nccn3cnnc23)C1=O. The van der Waals surface area contributed by atoms with Crippen LogP contribution < -0.4 is 10.2 Å². The lowest BCUT2D eigenvalue weighted by atomic mass is 10.0. The zero-order valence-corrected chi connectivity index (χ0v) is 13.7. The normalized spacial score (nSPS) is 17.9. The van der Waals surface area contributed by atoms with Gasteiger partial charge in [-0.05, 0) is 43.5 Å². The highest BCUT2D eigenvalue weighted by Gasteiger charge is 2.31. The lowest BCUT2D eigenvalue weighted by molar-refractivity contribution is -0.120. The molecular weight excluding hydrogens is 323 g/mol. The molecule has 0 radical (unpaired) electrons. The van der Waals surface area contributed by atoms with E-state index in [4.69, 9.17) is 0 Å². The Hall–Kier alpha value is -3.03. The number of halogens is 1. The van der Waals surface area contributed by atoms with Crippen molar-refractivity contribution >= 4 is 23.1 Å². The molecule has 1 amide bonds. The Kier molecular flexibility index (Phi) is 3.79. The van der Waals surface area contributed by atoms with E-state index in [1.54, 1.807) is 41.0 Å². The summed E-state index contributed by atoms with van der Waals surface area (Å²) >= 11 is 0. The van der Waals surface area contributed by atoms with Crippen molar-refractivity contribution in [1.82, 2.24) is 19.6 Å². The van der Waals surface area contributed by atoms with E-state index in [-0.39, 0.29) is 11.7 Å². The van der Waals surface area contributed by atoms with Gasteiger partial charge in [-0.25, -0.2) is 9.37 Å². The Balaban J connectivity index is 1.61. The summed E-state index contributed by atoms with van der Waals surface area (Å²) in [6.45, 7) is 2.42. The Morgan fingerprint density at radius 1 is 1.36 bits per heavy atom. The summed E-state index contributed by atoms with van der Waals surface area (Å²) in [4.78, 5) is 18.9. The van der Waals surface area contributed by atoms with E-state index in [2.05, 4.69) is 20.5 Å². The van der Waals surface area contributed by atoms with Gasteiger partial charge in [0.05, 0.1) is 0 Å². The lowest BCUT2D eigenvalue weighted by Gasteiger charge is -2.33. The van der Waals surface area contributed by atoms with Gasteiger partial charge >= 0.3 is 0 Å². The number of aromatic nitrogens is 4. The van der Waals surface area contributed by atoms with Crippen LogP contribution in [0.4, 0.5) is 15.9 Å². The van der Waals surface area contributed by atoms with Gasteiger partial charge in [0.25, 0.3) is 0 Å². The van der Waals surface area contributed by atoms with Gasteiger partial charge in [0.15, 0.2) is 5.82 Å². The molecule has 2 aromatic heterocycles. The number of nitrogens with one attached hydrogen (secondary N) is 1. The molecule has 1 aromatic carbocycles. The number of fused-ring (bicyclic) bond motifs is 1. The third-order valence-electron chi connectivity index (χ3n) is 4.42. The number of carbonyl (C=O) groups excluding carboxylic acids is 1. The van der Waals surface area contributed by atoms with Gasteiger partial charge in [0, 0.05) is 24.6 Å². The van der Waals surface area contributed by atoms with Crippen LogP contribution in [0, 0.1) is 12.7 Å². The maximum atomic E-state index is 13.4. The number of amides is 1. The molecule has 3 heterocycles. The number of rotatable bonds is 3. The van der Waals surface area contributed by atoms with Crippen LogP contribution in [0.15, 0.2) is 36.9 Å². The molecule has 1 N–H and O–H groups in total. The van der Waals surface area contributed by atoms with Crippen molar-refractivity contribution in [3.8, 4) is 0 Å². The van der Waals surface area contributed by atoms with Crippen LogP contribution in [0.2, 0.25) is 0 Å². The van der Waals surface area contributed by atoms with Crippen molar-refractivity contribution in [2.45, 2.75) is 25.8 Å². The van der Waals surface area contributed by atoms with Gasteiger partial charge in [-0.1, -0.05) is 0 Å². The van der Waals surface area contributed by atoms with Crippen LogP contribution in [-0.4, -0.2) is 38.1 Å². The maximum Gasteiger partial charge on any atom is 0.249 e. The topological polar surface area (TPSA) is 75.4 Å². The molecule has 7 nitrogen and oxygen atoms in total. The fourth-order valence-electron chi connectivity index (χ4n) is 3.20. The third kappa shape index (κ3) is 2.79. The van der Waals surface area contributed by atoms with Gasteiger partial charge < -0.3 is 10.2 Å². The number of anilines is 2. The summed E-state index contributed by atoms with van der Waals surface area (Å²) in [5, 5.41) is 11.1. The molecule has 1 fully saturated rings. The van der Waals surface area contributed by atoms with Crippen molar-refractivity contribution in [3.63, 3.8) is 0 Å². The zero-order chi connectivity index (χ0) is 17.4. The highest BCUT2D eigenvalue weighted by atomic mass is 19.1. The molecule has 1 saturated heterocycles. The first-order valence-corrected chi connectivity index (χ1v) is 8.12. The molecule has 1 atom stereocenters. The first-order valence-electron chi connectivity index (χ1n) is 8.12. The molecule has 3 aromatic rings. The highest BCUT2D eigenvalue weighted by Crippen LogP contribution is 2.26. The largest absolute Gasteiger partial charge is 0.355 e. The molecule has 1 aliphatic heterocycles. The average molecular weight is 340 g/mol. The minimum absolute atomic E-state index is 0.0516. The fraction of sp³-hybridized carbons (Fsp3) is 0.294. The molecule has 1 aliphatic rings. The van der Waals surface area contributed by atoms with E-state index >= 15 is 0 Å².